The molecule has 0 bridgehead atoms. The van der Waals surface area contributed by atoms with Gasteiger partial charge in [0, 0.05) is 0 Å². The molecule has 0 atom stereocenters. The Labute approximate surface area is 350 Å². The van der Waals surface area contributed by atoms with E-state index in [4.69, 9.17) is 0 Å². The summed E-state index contributed by atoms with van der Waals surface area (Å²) in [5.41, 5.74) is 15.2. The third-order valence-corrected chi connectivity index (χ3v) is 13.1. The molecule has 60 heavy (non-hydrogen) atoms. The third-order valence-electron chi connectivity index (χ3n) is 13.1. The second-order valence-corrected chi connectivity index (χ2v) is 17.1. The van der Waals surface area contributed by atoms with Crippen LogP contribution in [0.4, 0.5) is 0 Å². The smallest absolute Gasteiger partial charge is 0.00139 e. The number of aryl methyl sites for hydroxylation is 4. The normalized spacial score (nSPS) is 12.0. The lowest BCUT2D eigenvalue weighted by atomic mass is 9.80. The van der Waals surface area contributed by atoms with Crippen LogP contribution < -0.4 is 0 Å². The zero-order chi connectivity index (χ0) is 40.2. The van der Waals surface area contributed by atoms with E-state index in [1.165, 1.54) is 142 Å². The van der Waals surface area contributed by atoms with Crippen LogP contribution >= 0.6 is 0 Å². The Bertz CT molecular complexity index is 3460. The Balaban J connectivity index is 1.30. The molecule has 0 spiro atoms. The van der Waals surface area contributed by atoms with Gasteiger partial charge < -0.3 is 0 Å². The largest absolute Gasteiger partial charge is 0.0616 e. The lowest BCUT2D eigenvalue weighted by Crippen LogP contribution is -1.96. The van der Waals surface area contributed by atoms with Crippen LogP contribution in [0, 0.1) is 27.7 Å². The maximum Gasteiger partial charge on any atom is -0.00139 e. The second-order valence-electron chi connectivity index (χ2n) is 17.1. The Kier molecular flexibility index (Phi) is 7.59. The lowest BCUT2D eigenvalue weighted by Gasteiger charge is -2.23. The molecule has 0 radical (unpaired) electrons. The molecule has 282 valence electrons. The molecule has 12 rings (SSSR count). The molecule has 12 aromatic carbocycles. The van der Waals surface area contributed by atoms with Gasteiger partial charge in [0.25, 0.3) is 0 Å². The first-order chi connectivity index (χ1) is 29.4. The number of benzene rings is 12. The SMILES string of the molecule is Cc1cc(C)cc(-c2cc(-c3cc4ccccc4c4ccccc34)c3ccc4c(-c5cc(C)cc(C)c5)cc(-c5cc6ccccc6c6ccccc56)c5ccc2c3c45)c1. The molecule has 0 fully saturated rings. The van der Waals surface area contributed by atoms with Crippen molar-refractivity contribution < 1.29 is 0 Å². The molecule has 0 heterocycles. The zero-order valence-electron chi connectivity index (χ0n) is 34.3. The maximum atomic E-state index is 2.50. The van der Waals surface area contributed by atoms with E-state index in [1.54, 1.807) is 0 Å². The fourth-order valence-corrected chi connectivity index (χ4v) is 10.7. The Morgan fingerprint density at radius 1 is 0.217 bits per heavy atom. The van der Waals surface area contributed by atoms with E-state index >= 15 is 0 Å². The Morgan fingerprint density at radius 3 is 0.900 bits per heavy atom. The zero-order valence-corrected chi connectivity index (χ0v) is 34.3. The summed E-state index contributed by atoms with van der Waals surface area (Å²) in [6.45, 7) is 8.89. The first-order valence-corrected chi connectivity index (χ1v) is 21.2. The molecule has 0 unspecified atom stereocenters. The Hall–Kier alpha value is -7.28. The number of fused-ring (bicyclic) bond motifs is 6. The van der Waals surface area contributed by atoms with E-state index in [1.807, 2.05) is 0 Å². The molecule has 0 saturated heterocycles. The van der Waals surface area contributed by atoms with Crippen molar-refractivity contribution in [3.8, 4) is 44.5 Å². The molecule has 0 aliphatic heterocycles. The van der Waals surface area contributed by atoms with Gasteiger partial charge in [-0.2, -0.15) is 0 Å². The van der Waals surface area contributed by atoms with E-state index in [0.29, 0.717) is 0 Å². The molecular formula is C60H42. The summed E-state index contributed by atoms with van der Waals surface area (Å²) in [5, 5.41) is 18.0. The molecule has 0 N–H and O–H groups in total. The summed E-state index contributed by atoms with van der Waals surface area (Å²) in [6.07, 6.45) is 0. The fraction of sp³-hybridized carbons (Fsp3) is 0.0667. The molecular weight excluding hydrogens is 721 g/mol. The summed E-state index contributed by atoms with van der Waals surface area (Å²) in [4.78, 5) is 0. The monoisotopic (exact) mass is 762 g/mol. The van der Waals surface area contributed by atoms with Crippen molar-refractivity contribution >= 4 is 75.4 Å². The van der Waals surface area contributed by atoms with Crippen LogP contribution in [0.25, 0.3) is 120 Å². The summed E-state index contributed by atoms with van der Waals surface area (Å²) in [6, 6.07) is 69.2. The van der Waals surface area contributed by atoms with E-state index in [-0.39, 0.29) is 0 Å². The van der Waals surface area contributed by atoms with Gasteiger partial charge in [0.1, 0.15) is 0 Å². The summed E-state index contributed by atoms with van der Waals surface area (Å²) < 4.78 is 0. The molecule has 0 aliphatic rings. The third kappa shape index (κ3) is 5.24. The predicted molar refractivity (Wildman–Crippen MR) is 261 cm³/mol. The van der Waals surface area contributed by atoms with Gasteiger partial charge in [-0.15, -0.1) is 0 Å². The Morgan fingerprint density at radius 2 is 0.517 bits per heavy atom. The van der Waals surface area contributed by atoms with Gasteiger partial charge in [0.2, 0.25) is 0 Å². The number of hydrogen-bond acceptors (Lipinski definition) is 0. The van der Waals surface area contributed by atoms with E-state index in [0.717, 1.165) is 0 Å². The van der Waals surface area contributed by atoms with Crippen LogP contribution in [0.2, 0.25) is 0 Å². The van der Waals surface area contributed by atoms with Gasteiger partial charge in [-0.25, -0.2) is 0 Å². The van der Waals surface area contributed by atoms with E-state index < -0.39 is 0 Å². The number of hydrogen-bond donors (Lipinski definition) is 0. The van der Waals surface area contributed by atoms with Crippen molar-refractivity contribution in [3.63, 3.8) is 0 Å². The van der Waals surface area contributed by atoms with Crippen molar-refractivity contribution in [2.45, 2.75) is 27.7 Å². The first-order valence-electron chi connectivity index (χ1n) is 21.2. The minimum absolute atomic E-state index is 1.26. The molecule has 0 saturated carbocycles. The van der Waals surface area contributed by atoms with Crippen LogP contribution in [0.5, 0.6) is 0 Å². The van der Waals surface area contributed by atoms with Gasteiger partial charge in [0.15, 0.2) is 0 Å². The molecule has 0 heteroatoms. The van der Waals surface area contributed by atoms with Gasteiger partial charge >= 0.3 is 0 Å². The van der Waals surface area contributed by atoms with Crippen LogP contribution in [0.15, 0.2) is 182 Å². The van der Waals surface area contributed by atoms with Crippen molar-refractivity contribution in [2.24, 2.45) is 0 Å². The summed E-state index contributed by atoms with van der Waals surface area (Å²) in [7, 11) is 0. The fourth-order valence-electron chi connectivity index (χ4n) is 10.7. The summed E-state index contributed by atoms with van der Waals surface area (Å²) >= 11 is 0. The average molecular weight is 763 g/mol. The van der Waals surface area contributed by atoms with E-state index in [2.05, 4.69) is 210 Å². The second kappa shape index (κ2) is 13.1. The standard InChI is InChI=1S/C60H42/c1-35-25-36(2)28-41(27-35)53-33-57(55-31-39-13-5-7-15-43(39)45-17-9-11-19-47(45)55)51-24-22-50-54(42-29-37(3)26-38(4)30-42)34-58(52-23-21-49(53)59(51)60(50)52)56-32-40-14-6-8-16-44(40)46-18-10-12-20-48(46)56/h5-34H,1-4H3. The molecule has 12 aromatic rings. The van der Waals surface area contributed by atoms with Crippen LogP contribution in [-0.4, -0.2) is 0 Å². The lowest BCUT2D eigenvalue weighted by molar-refractivity contribution is 1.39. The molecule has 0 aliphatic carbocycles. The average Bonchev–Trinajstić information content (AvgIpc) is 3.26. The van der Waals surface area contributed by atoms with Crippen LogP contribution in [0.3, 0.4) is 0 Å². The van der Waals surface area contributed by atoms with Crippen molar-refractivity contribution in [1.82, 2.24) is 0 Å². The van der Waals surface area contributed by atoms with Gasteiger partial charge in [0.05, 0.1) is 0 Å². The predicted octanol–water partition coefficient (Wildman–Crippen LogP) is 17.1. The quantitative estimate of drug-likeness (QED) is 0.157. The summed E-state index contributed by atoms with van der Waals surface area (Å²) in [5.74, 6) is 0. The number of rotatable bonds is 4. The minimum atomic E-state index is 1.26. The highest BCUT2D eigenvalue weighted by Gasteiger charge is 2.23. The van der Waals surface area contributed by atoms with Crippen molar-refractivity contribution in [3.05, 3.63) is 204 Å². The molecule has 0 nitrogen and oxygen atoms in total. The molecule has 0 aromatic heterocycles. The van der Waals surface area contributed by atoms with Gasteiger partial charge in [-0.3, -0.25) is 0 Å². The molecule has 0 amide bonds. The van der Waals surface area contributed by atoms with Crippen LogP contribution in [-0.2, 0) is 0 Å². The van der Waals surface area contributed by atoms with Gasteiger partial charge in [-0.05, 0) is 172 Å². The van der Waals surface area contributed by atoms with Crippen molar-refractivity contribution in [1.29, 1.82) is 0 Å². The topological polar surface area (TPSA) is 0 Å². The highest BCUT2D eigenvalue weighted by Crippen LogP contribution is 2.51. The minimum Gasteiger partial charge on any atom is -0.0616 e. The van der Waals surface area contributed by atoms with Gasteiger partial charge in [-0.1, -0.05) is 180 Å². The maximum absolute atomic E-state index is 2.50. The highest BCUT2D eigenvalue weighted by atomic mass is 14.3. The van der Waals surface area contributed by atoms with Crippen molar-refractivity contribution in [2.75, 3.05) is 0 Å². The van der Waals surface area contributed by atoms with Crippen LogP contribution in [0.1, 0.15) is 22.3 Å². The first kappa shape index (κ1) is 34.7. The highest BCUT2D eigenvalue weighted by molar-refractivity contribution is 6.33. The van der Waals surface area contributed by atoms with E-state index in [9.17, 15) is 0 Å².